The predicted octanol–water partition coefficient (Wildman–Crippen LogP) is 4.93. The van der Waals surface area contributed by atoms with Crippen molar-refractivity contribution in [2.24, 2.45) is 0 Å². The lowest BCUT2D eigenvalue weighted by Crippen LogP contribution is -2.00. The number of methoxy groups -OCH3 is 1. The first-order valence-electron chi connectivity index (χ1n) is 6.25. The maximum absolute atomic E-state index is 11.5. The number of benzene rings is 2. The lowest BCUT2D eigenvalue weighted by molar-refractivity contribution is 0.0601. The van der Waals surface area contributed by atoms with Gasteiger partial charge in [0.25, 0.3) is 0 Å². The van der Waals surface area contributed by atoms with E-state index < -0.39 is 0 Å². The zero-order valence-corrected chi connectivity index (χ0v) is 12.6. The fraction of sp³-hybridized carbons (Fsp3) is 0.0625. The van der Waals surface area contributed by atoms with Crippen molar-refractivity contribution in [3.05, 3.63) is 58.1 Å². The Bertz CT molecular complexity index is 839. The number of aromatic amines is 1. The third kappa shape index (κ3) is 2.62. The molecule has 2 aromatic carbocycles. The van der Waals surface area contributed by atoms with Crippen LogP contribution in [0.2, 0.25) is 10.0 Å². The number of carbonyl (C=O) groups excluding carboxylic acids is 1. The molecule has 3 aromatic rings. The minimum absolute atomic E-state index is 0.359. The summed E-state index contributed by atoms with van der Waals surface area (Å²) in [6, 6.07) is 12.8. The second-order valence-electron chi connectivity index (χ2n) is 4.61. The van der Waals surface area contributed by atoms with Gasteiger partial charge in [0.15, 0.2) is 0 Å². The monoisotopic (exact) mass is 319 g/mol. The van der Waals surface area contributed by atoms with Gasteiger partial charge >= 0.3 is 5.97 Å². The normalized spacial score (nSPS) is 10.8. The van der Waals surface area contributed by atoms with E-state index in [0.29, 0.717) is 15.6 Å². The fourth-order valence-electron chi connectivity index (χ4n) is 2.19. The third-order valence-corrected chi connectivity index (χ3v) is 4.01. The molecule has 0 amide bonds. The van der Waals surface area contributed by atoms with Crippen LogP contribution in [0.25, 0.3) is 22.2 Å². The highest BCUT2D eigenvalue weighted by molar-refractivity contribution is 6.42. The number of carbonyl (C=O) groups is 1. The highest BCUT2D eigenvalue weighted by Gasteiger charge is 2.09. The zero-order valence-electron chi connectivity index (χ0n) is 11.1. The number of halogens is 2. The molecule has 0 aliphatic rings. The second-order valence-corrected chi connectivity index (χ2v) is 5.42. The average Bonchev–Trinajstić information content (AvgIpc) is 2.92. The van der Waals surface area contributed by atoms with E-state index in [-0.39, 0.29) is 5.97 Å². The van der Waals surface area contributed by atoms with Gasteiger partial charge in [0.2, 0.25) is 0 Å². The summed E-state index contributed by atoms with van der Waals surface area (Å²) in [5, 5.41) is 2.02. The Kier molecular flexibility index (Phi) is 3.62. The van der Waals surface area contributed by atoms with Crippen LogP contribution < -0.4 is 0 Å². The number of rotatable bonds is 2. The Morgan fingerprint density at radius 3 is 2.57 bits per heavy atom. The first-order valence-corrected chi connectivity index (χ1v) is 7.00. The SMILES string of the molecule is COC(=O)c1ccc2cc(-c3ccc(Cl)c(Cl)c3)[nH]c2c1. The van der Waals surface area contributed by atoms with E-state index in [0.717, 1.165) is 22.2 Å². The smallest absolute Gasteiger partial charge is 0.337 e. The minimum atomic E-state index is -0.359. The number of esters is 1. The molecule has 1 aromatic heterocycles. The Balaban J connectivity index is 2.08. The maximum Gasteiger partial charge on any atom is 0.337 e. The van der Waals surface area contributed by atoms with E-state index in [1.807, 2.05) is 18.2 Å². The van der Waals surface area contributed by atoms with Crippen LogP contribution in [0.3, 0.4) is 0 Å². The summed E-state index contributed by atoms with van der Waals surface area (Å²) in [7, 11) is 1.36. The van der Waals surface area contributed by atoms with E-state index in [2.05, 4.69) is 4.98 Å². The van der Waals surface area contributed by atoms with Gasteiger partial charge in [0, 0.05) is 16.6 Å². The highest BCUT2D eigenvalue weighted by atomic mass is 35.5. The molecule has 21 heavy (non-hydrogen) atoms. The summed E-state index contributed by atoms with van der Waals surface area (Å²) in [6.07, 6.45) is 0. The van der Waals surface area contributed by atoms with Gasteiger partial charge in [-0.1, -0.05) is 35.3 Å². The first-order chi connectivity index (χ1) is 10.1. The van der Waals surface area contributed by atoms with Crippen molar-refractivity contribution in [2.75, 3.05) is 7.11 Å². The maximum atomic E-state index is 11.5. The number of H-pyrrole nitrogens is 1. The van der Waals surface area contributed by atoms with Crippen molar-refractivity contribution >= 4 is 40.1 Å². The van der Waals surface area contributed by atoms with Gasteiger partial charge in [-0.2, -0.15) is 0 Å². The third-order valence-electron chi connectivity index (χ3n) is 3.27. The summed E-state index contributed by atoms with van der Waals surface area (Å²) in [4.78, 5) is 14.8. The largest absolute Gasteiger partial charge is 0.465 e. The molecule has 0 aliphatic heterocycles. The lowest BCUT2D eigenvalue weighted by atomic mass is 10.1. The molecule has 0 aliphatic carbocycles. The van der Waals surface area contributed by atoms with Crippen LogP contribution in [0, 0.1) is 0 Å². The standard InChI is InChI=1S/C16H11Cl2NO2/c1-21-16(20)11-3-2-10-7-14(19-15(10)8-11)9-4-5-12(17)13(18)6-9/h2-8,19H,1H3. The average molecular weight is 320 g/mol. The molecule has 106 valence electrons. The molecule has 5 heteroatoms. The molecular weight excluding hydrogens is 309 g/mol. The van der Waals surface area contributed by atoms with Crippen molar-refractivity contribution in [1.82, 2.24) is 4.98 Å². The number of nitrogens with one attached hydrogen (secondary N) is 1. The molecule has 3 nitrogen and oxygen atoms in total. The molecule has 0 radical (unpaired) electrons. The molecule has 0 fully saturated rings. The number of ether oxygens (including phenoxy) is 1. The summed E-state index contributed by atoms with van der Waals surface area (Å²) in [5.41, 5.74) is 3.21. The molecular formula is C16H11Cl2NO2. The lowest BCUT2D eigenvalue weighted by Gasteiger charge is -2.00. The van der Waals surface area contributed by atoms with Crippen LogP contribution in [0.4, 0.5) is 0 Å². The summed E-state index contributed by atoms with van der Waals surface area (Å²) < 4.78 is 4.72. The van der Waals surface area contributed by atoms with Gasteiger partial charge in [0.1, 0.15) is 0 Å². The van der Waals surface area contributed by atoms with Gasteiger partial charge in [0.05, 0.1) is 22.7 Å². The highest BCUT2D eigenvalue weighted by Crippen LogP contribution is 2.30. The Hall–Kier alpha value is -1.97. The summed E-state index contributed by atoms with van der Waals surface area (Å²) in [6.45, 7) is 0. The number of fused-ring (bicyclic) bond motifs is 1. The first kappa shape index (κ1) is 14.0. The van der Waals surface area contributed by atoms with Crippen molar-refractivity contribution in [3.63, 3.8) is 0 Å². The molecule has 0 saturated heterocycles. The Morgan fingerprint density at radius 1 is 1.05 bits per heavy atom. The molecule has 3 rings (SSSR count). The van der Waals surface area contributed by atoms with Crippen LogP contribution in [0.15, 0.2) is 42.5 Å². The Morgan fingerprint density at radius 2 is 1.86 bits per heavy atom. The topological polar surface area (TPSA) is 42.1 Å². The molecule has 0 unspecified atom stereocenters. The van der Waals surface area contributed by atoms with Crippen LogP contribution in [0.1, 0.15) is 10.4 Å². The van der Waals surface area contributed by atoms with Crippen LogP contribution >= 0.6 is 23.2 Å². The quantitative estimate of drug-likeness (QED) is 0.680. The van der Waals surface area contributed by atoms with Crippen LogP contribution in [-0.4, -0.2) is 18.1 Å². The second kappa shape index (κ2) is 5.43. The predicted molar refractivity (Wildman–Crippen MR) is 85.1 cm³/mol. The van der Waals surface area contributed by atoms with E-state index in [1.54, 1.807) is 24.3 Å². The van der Waals surface area contributed by atoms with Crippen LogP contribution in [0.5, 0.6) is 0 Å². The molecule has 0 spiro atoms. The summed E-state index contributed by atoms with van der Waals surface area (Å²) >= 11 is 12.0. The van der Waals surface area contributed by atoms with E-state index in [9.17, 15) is 4.79 Å². The minimum Gasteiger partial charge on any atom is -0.465 e. The zero-order chi connectivity index (χ0) is 15.0. The van der Waals surface area contributed by atoms with Crippen molar-refractivity contribution in [1.29, 1.82) is 0 Å². The van der Waals surface area contributed by atoms with Crippen molar-refractivity contribution in [3.8, 4) is 11.3 Å². The molecule has 1 heterocycles. The molecule has 0 bridgehead atoms. The van der Waals surface area contributed by atoms with Gasteiger partial charge in [-0.3, -0.25) is 0 Å². The van der Waals surface area contributed by atoms with E-state index in [4.69, 9.17) is 27.9 Å². The number of hydrogen-bond acceptors (Lipinski definition) is 2. The van der Waals surface area contributed by atoms with Crippen molar-refractivity contribution in [2.45, 2.75) is 0 Å². The van der Waals surface area contributed by atoms with Gasteiger partial charge in [-0.25, -0.2) is 4.79 Å². The van der Waals surface area contributed by atoms with Gasteiger partial charge < -0.3 is 9.72 Å². The van der Waals surface area contributed by atoms with Gasteiger partial charge in [-0.15, -0.1) is 0 Å². The number of aromatic nitrogens is 1. The molecule has 0 saturated carbocycles. The summed E-state index contributed by atoms with van der Waals surface area (Å²) in [5.74, 6) is -0.359. The number of hydrogen-bond donors (Lipinski definition) is 1. The fourth-order valence-corrected chi connectivity index (χ4v) is 2.49. The van der Waals surface area contributed by atoms with E-state index in [1.165, 1.54) is 7.11 Å². The Labute approximate surface area is 131 Å². The molecule has 0 atom stereocenters. The molecule has 1 N–H and O–H groups in total. The van der Waals surface area contributed by atoms with Crippen molar-refractivity contribution < 1.29 is 9.53 Å². The van der Waals surface area contributed by atoms with E-state index >= 15 is 0 Å². The van der Waals surface area contributed by atoms with Crippen LogP contribution in [-0.2, 0) is 4.74 Å². The van der Waals surface area contributed by atoms with Gasteiger partial charge in [-0.05, 0) is 35.9 Å².